The Morgan fingerprint density at radius 3 is 2.58 bits per heavy atom. The highest BCUT2D eigenvalue weighted by Crippen LogP contribution is 2.16. The number of benzene rings is 2. The second-order valence-electron chi connectivity index (χ2n) is 5.69. The summed E-state index contributed by atoms with van der Waals surface area (Å²) >= 11 is 0. The number of ether oxygens (including phenoxy) is 1. The third-order valence-corrected chi connectivity index (χ3v) is 3.69. The van der Waals surface area contributed by atoms with Gasteiger partial charge < -0.3 is 10.1 Å². The minimum atomic E-state index is -0.461. The summed E-state index contributed by atoms with van der Waals surface area (Å²) in [5.74, 6) is -0.269. The third kappa shape index (κ3) is 4.13. The quantitative estimate of drug-likeness (QED) is 0.563. The van der Waals surface area contributed by atoms with Crippen molar-refractivity contribution in [1.29, 1.82) is 0 Å². The van der Waals surface area contributed by atoms with Crippen molar-refractivity contribution in [2.45, 2.75) is 19.9 Å². The summed E-state index contributed by atoms with van der Waals surface area (Å²) in [4.78, 5) is 39.5. The van der Waals surface area contributed by atoms with Gasteiger partial charge in [-0.15, -0.1) is 0 Å². The van der Waals surface area contributed by atoms with E-state index in [-0.39, 0.29) is 24.4 Å². The Morgan fingerprint density at radius 2 is 1.85 bits per heavy atom. The van der Waals surface area contributed by atoms with Crippen molar-refractivity contribution >= 4 is 28.5 Å². The summed E-state index contributed by atoms with van der Waals surface area (Å²) in [6.07, 6.45) is 1.47. The van der Waals surface area contributed by atoms with Crippen LogP contribution in [0.15, 0.2) is 59.7 Å². The first-order valence-corrected chi connectivity index (χ1v) is 8.05. The standard InChI is InChI=1S/C19H17N3O4/c1-13(23)21-14-6-8-15(9-7-14)26-18(24)10-11-22-12-20-17-5-3-2-4-16(17)19(22)25/h2-9,12H,10-11H2,1H3,(H,21,23). The van der Waals surface area contributed by atoms with E-state index in [0.29, 0.717) is 22.3 Å². The van der Waals surface area contributed by atoms with Gasteiger partial charge in [-0.2, -0.15) is 0 Å². The second kappa shape index (κ2) is 7.60. The maximum absolute atomic E-state index is 12.4. The number of anilines is 1. The van der Waals surface area contributed by atoms with Gasteiger partial charge in [0.1, 0.15) is 5.75 Å². The maximum Gasteiger partial charge on any atom is 0.312 e. The minimum absolute atomic E-state index is 0.0351. The lowest BCUT2D eigenvalue weighted by atomic mass is 10.2. The molecular formula is C19H17N3O4. The number of aromatic nitrogens is 2. The molecule has 1 heterocycles. The summed E-state index contributed by atoms with van der Waals surface area (Å²) < 4.78 is 6.63. The van der Waals surface area contributed by atoms with Gasteiger partial charge in [-0.1, -0.05) is 12.1 Å². The molecule has 0 saturated carbocycles. The van der Waals surface area contributed by atoms with Gasteiger partial charge in [0.15, 0.2) is 0 Å². The topological polar surface area (TPSA) is 90.3 Å². The number of amides is 1. The molecule has 1 aromatic heterocycles. The zero-order valence-electron chi connectivity index (χ0n) is 14.1. The Bertz CT molecular complexity index is 1010. The molecule has 0 atom stereocenters. The fraction of sp³-hybridized carbons (Fsp3) is 0.158. The maximum atomic E-state index is 12.4. The van der Waals surface area contributed by atoms with Gasteiger partial charge in [0.05, 0.1) is 23.7 Å². The van der Waals surface area contributed by atoms with Crippen LogP contribution in [-0.2, 0) is 16.1 Å². The molecule has 0 spiro atoms. The van der Waals surface area contributed by atoms with Gasteiger partial charge in [0.2, 0.25) is 5.91 Å². The predicted molar refractivity (Wildman–Crippen MR) is 97.0 cm³/mol. The number of hydrogen-bond acceptors (Lipinski definition) is 5. The molecule has 2 aromatic carbocycles. The summed E-state index contributed by atoms with van der Waals surface area (Å²) in [6, 6.07) is 13.5. The lowest BCUT2D eigenvalue weighted by Gasteiger charge is -2.08. The first kappa shape index (κ1) is 17.3. The number of carbonyl (C=O) groups is 2. The van der Waals surface area contributed by atoms with E-state index in [4.69, 9.17) is 4.74 Å². The van der Waals surface area contributed by atoms with Crippen LogP contribution in [0.5, 0.6) is 5.75 Å². The Balaban J connectivity index is 1.61. The molecule has 7 heteroatoms. The van der Waals surface area contributed by atoms with E-state index in [1.165, 1.54) is 17.8 Å². The molecule has 0 fully saturated rings. The average molecular weight is 351 g/mol. The molecule has 1 N–H and O–H groups in total. The lowest BCUT2D eigenvalue weighted by molar-refractivity contribution is -0.134. The molecule has 3 rings (SSSR count). The normalized spacial score (nSPS) is 10.5. The molecule has 3 aromatic rings. The van der Waals surface area contributed by atoms with Crippen LogP contribution in [0.2, 0.25) is 0 Å². The number of para-hydroxylation sites is 1. The number of aryl methyl sites for hydroxylation is 1. The Labute approximate surface area is 149 Å². The fourth-order valence-corrected chi connectivity index (χ4v) is 2.47. The summed E-state index contributed by atoms with van der Waals surface area (Å²) in [6.45, 7) is 1.59. The van der Waals surface area contributed by atoms with E-state index in [1.54, 1.807) is 42.5 Å². The van der Waals surface area contributed by atoms with Crippen molar-refractivity contribution in [3.05, 3.63) is 65.2 Å². The minimum Gasteiger partial charge on any atom is -0.426 e. The largest absolute Gasteiger partial charge is 0.426 e. The zero-order valence-corrected chi connectivity index (χ0v) is 14.1. The van der Waals surface area contributed by atoms with E-state index in [1.807, 2.05) is 6.07 Å². The monoisotopic (exact) mass is 351 g/mol. The second-order valence-corrected chi connectivity index (χ2v) is 5.69. The van der Waals surface area contributed by atoms with E-state index in [0.717, 1.165) is 0 Å². The van der Waals surface area contributed by atoms with Crippen molar-refractivity contribution in [2.24, 2.45) is 0 Å². The van der Waals surface area contributed by atoms with Crippen LogP contribution < -0.4 is 15.6 Å². The molecule has 0 aliphatic carbocycles. The number of nitrogens with zero attached hydrogens (tertiary/aromatic N) is 2. The zero-order chi connectivity index (χ0) is 18.5. The number of esters is 1. The Morgan fingerprint density at radius 1 is 1.12 bits per heavy atom. The molecule has 1 amide bonds. The van der Waals surface area contributed by atoms with Crippen molar-refractivity contribution in [3.63, 3.8) is 0 Å². The summed E-state index contributed by atoms with van der Waals surface area (Å²) in [5, 5.41) is 3.14. The molecule has 0 saturated heterocycles. The van der Waals surface area contributed by atoms with Crippen LogP contribution in [0.25, 0.3) is 10.9 Å². The molecule has 0 bridgehead atoms. The van der Waals surface area contributed by atoms with Crippen molar-refractivity contribution in [3.8, 4) is 5.75 Å². The number of fused-ring (bicyclic) bond motifs is 1. The van der Waals surface area contributed by atoms with Crippen LogP contribution >= 0.6 is 0 Å². The number of carbonyl (C=O) groups excluding carboxylic acids is 2. The van der Waals surface area contributed by atoms with Crippen LogP contribution in [0.4, 0.5) is 5.69 Å². The van der Waals surface area contributed by atoms with E-state index >= 15 is 0 Å². The van der Waals surface area contributed by atoms with E-state index < -0.39 is 5.97 Å². The van der Waals surface area contributed by atoms with Crippen LogP contribution in [0, 0.1) is 0 Å². The van der Waals surface area contributed by atoms with E-state index in [9.17, 15) is 14.4 Å². The molecule has 0 aliphatic heterocycles. The highest BCUT2D eigenvalue weighted by Gasteiger charge is 2.08. The molecule has 132 valence electrons. The van der Waals surface area contributed by atoms with Crippen molar-refractivity contribution in [2.75, 3.05) is 5.32 Å². The fourth-order valence-electron chi connectivity index (χ4n) is 2.47. The number of rotatable bonds is 5. The molecule has 0 unspecified atom stereocenters. The third-order valence-electron chi connectivity index (χ3n) is 3.69. The van der Waals surface area contributed by atoms with Crippen LogP contribution in [0.1, 0.15) is 13.3 Å². The van der Waals surface area contributed by atoms with Gasteiger partial charge >= 0.3 is 5.97 Å². The predicted octanol–water partition coefficient (Wildman–Crippen LogP) is 2.35. The molecule has 0 aliphatic rings. The van der Waals surface area contributed by atoms with Gasteiger partial charge in [-0.3, -0.25) is 19.0 Å². The van der Waals surface area contributed by atoms with Gasteiger partial charge in [-0.05, 0) is 36.4 Å². The molecule has 26 heavy (non-hydrogen) atoms. The van der Waals surface area contributed by atoms with Crippen LogP contribution in [-0.4, -0.2) is 21.4 Å². The van der Waals surface area contributed by atoms with Crippen molar-refractivity contribution in [1.82, 2.24) is 9.55 Å². The Kier molecular flexibility index (Phi) is 5.07. The molecular weight excluding hydrogens is 334 g/mol. The smallest absolute Gasteiger partial charge is 0.312 e. The Hall–Kier alpha value is -3.48. The molecule has 7 nitrogen and oxygen atoms in total. The number of hydrogen-bond donors (Lipinski definition) is 1. The molecule has 0 radical (unpaired) electrons. The summed E-state index contributed by atoms with van der Waals surface area (Å²) in [7, 11) is 0. The first-order valence-electron chi connectivity index (χ1n) is 8.05. The first-order chi connectivity index (χ1) is 12.5. The highest BCUT2D eigenvalue weighted by molar-refractivity contribution is 5.88. The van der Waals surface area contributed by atoms with Crippen molar-refractivity contribution < 1.29 is 14.3 Å². The number of nitrogens with one attached hydrogen (secondary N) is 1. The SMILES string of the molecule is CC(=O)Nc1ccc(OC(=O)CCn2cnc3ccccc3c2=O)cc1. The lowest BCUT2D eigenvalue weighted by Crippen LogP contribution is -2.23. The summed E-state index contributed by atoms with van der Waals surface area (Å²) in [5.41, 5.74) is 1.05. The van der Waals surface area contributed by atoms with Crippen LogP contribution in [0.3, 0.4) is 0 Å². The average Bonchev–Trinajstić information content (AvgIpc) is 2.63. The van der Waals surface area contributed by atoms with E-state index in [2.05, 4.69) is 10.3 Å². The van der Waals surface area contributed by atoms with Gasteiger partial charge in [0, 0.05) is 19.2 Å². The van der Waals surface area contributed by atoms with Gasteiger partial charge in [-0.25, -0.2) is 4.98 Å². The van der Waals surface area contributed by atoms with Gasteiger partial charge in [0.25, 0.3) is 5.56 Å². The highest BCUT2D eigenvalue weighted by atomic mass is 16.5.